The summed E-state index contributed by atoms with van der Waals surface area (Å²) in [5.41, 5.74) is 6.83. The molecule has 1 aromatic rings. The number of ether oxygens (including phenoxy) is 1. The van der Waals surface area contributed by atoms with Gasteiger partial charge in [-0.3, -0.25) is 0 Å². The first-order chi connectivity index (χ1) is 8.51. The average Bonchev–Trinajstić information content (AvgIpc) is 2.37. The van der Waals surface area contributed by atoms with E-state index in [-0.39, 0.29) is 16.6 Å². The van der Waals surface area contributed by atoms with Crippen LogP contribution in [-0.2, 0) is 4.74 Å². The normalized spacial score (nSPS) is 12.7. The lowest BCUT2D eigenvalue weighted by atomic mass is 10.0. The van der Waals surface area contributed by atoms with Crippen LogP contribution in [0.3, 0.4) is 0 Å². The van der Waals surface area contributed by atoms with Crippen molar-refractivity contribution in [1.29, 1.82) is 0 Å². The van der Waals surface area contributed by atoms with Crippen molar-refractivity contribution in [2.24, 2.45) is 4.99 Å². The molecule has 98 valence electrons. The van der Waals surface area contributed by atoms with E-state index in [1.165, 1.54) is 7.11 Å². The smallest absolute Gasteiger partial charge is 0.358 e. The van der Waals surface area contributed by atoms with E-state index in [4.69, 9.17) is 17.3 Å². The fraction of sp³-hybridized carbons (Fsp3) is 0.417. The van der Waals surface area contributed by atoms with Crippen LogP contribution in [0, 0.1) is 0 Å². The number of hydrogen-bond acceptors (Lipinski definition) is 5. The third-order valence-electron chi connectivity index (χ3n) is 2.53. The summed E-state index contributed by atoms with van der Waals surface area (Å²) in [5.74, 6) is -0.499. The molecule has 2 N–H and O–H groups in total. The topological polar surface area (TPSA) is 77.6 Å². The van der Waals surface area contributed by atoms with Crippen LogP contribution in [0.25, 0.3) is 0 Å². The van der Waals surface area contributed by atoms with Crippen molar-refractivity contribution >= 4 is 29.5 Å². The molecule has 0 aliphatic rings. The quantitative estimate of drug-likeness (QED) is 0.672. The van der Waals surface area contributed by atoms with Gasteiger partial charge in [-0.2, -0.15) is 0 Å². The zero-order valence-electron chi connectivity index (χ0n) is 10.6. The molecule has 1 rings (SSSR count). The highest BCUT2D eigenvalue weighted by atomic mass is 35.5. The van der Waals surface area contributed by atoms with Crippen molar-refractivity contribution in [1.82, 2.24) is 4.98 Å². The summed E-state index contributed by atoms with van der Waals surface area (Å²) in [6.45, 7) is 1.97. The summed E-state index contributed by atoms with van der Waals surface area (Å²) < 4.78 is 4.62. The molecule has 0 bridgehead atoms. The molecule has 0 aliphatic heterocycles. The Kier molecular flexibility index (Phi) is 5.09. The highest BCUT2D eigenvalue weighted by Crippen LogP contribution is 2.27. The summed E-state index contributed by atoms with van der Waals surface area (Å²) in [4.78, 5) is 19.6. The van der Waals surface area contributed by atoms with Crippen LogP contribution in [0.1, 0.15) is 35.4 Å². The third-order valence-corrected chi connectivity index (χ3v) is 2.93. The minimum absolute atomic E-state index is 0.0504. The molecule has 0 aliphatic carbocycles. The number of carbonyl (C=O) groups excluding carboxylic acids is 1. The molecule has 18 heavy (non-hydrogen) atoms. The minimum Gasteiger partial charge on any atom is -0.464 e. The van der Waals surface area contributed by atoms with Gasteiger partial charge in [-0.05, 0) is 18.7 Å². The van der Waals surface area contributed by atoms with Crippen LogP contribution in [0.4, 0.5) is 5.69 Å². The molecule has 0 aromatic carbocycles. The van der Waals surface area contributed by atoms with E-state index in [2.05, 4.69) is 14.7 Å². The number of methoxy groups -OCH3 is 1. The second-order valence-corrected chi connectivity index (χ2v) is 4.25. The van der Waals surface area contributed by atoms with E-state index in [1.807, 2.05) is 6.92 Å². The largest absolute Gasteiger partial charge is 0.464 e. The second-order valence-electron chi connectivity index (χ2n) is 3.87. The molecule has 1 unspecified atom stereocenters. The van der Waals surface area contributed by atoms with Crippen LogP contribution in [-0.4, -0.2) is 31.3 Å². The van der Waals surface area contributed by atoms with Crippen molar-refractivity contribution in [3.63, 3.8) is 0 Å². The highest BCUT2D eigenvalue weighted by molar-refractivity contribution is 6.35. The molecule has 1 heterocycles. The Bertz CT molecular complexity index is 475. The predicted molar refractivity (Wildman–Crippen MR) is 72.4 cm³/mol. The number of rotatable bonds is 4. The Labute approximate surface area is 111 Å². The van der Waals surface area contributed by atoms with Gasteiger partial charge in [0, 0.05) is 18.7 Å². The number of carbonyl (C=O) groups is 1. The van der Waals surface area contributed by atoms with E-state index < -0.39 is 5.97 Å². The van der Waals surface area contributed by atoms with Crippen molar-refractivity contribution in [2.45, 2.75) is 19.3 Å². The van der Waals surface area contributed by atoms with Crippen LogP contribution >= 0.6 is 11.6 Å². The number of aliphatic imine (C=N–C) groups is 1. The Balaban J connectivity index is 3.15. The van der Waals surface area contributed by atoms with Gasteiger partial charge in [0.15, 0.2) is 5.69 Å². The molecular weight excluding hydrogens is 254 g/mol. The molecule has 5 nitrogen and oxygen atoms in total. The highest BCUT2D eigenvalue weighted by Gasteiger charge is 2.18. The number of pyridine rings is 1. The van der Waals surface area contributed by atoms with Crippen LogP contribution < -0.4 is 5.73 Å². The average molecular weight is 270 g/mol. The molecule has 0 amide bonds. The van der Waals surface area contributed by atoms with Crippen molar-refractivity contribution < 1.29 is 9.53 Å². The van der Waals surface area contributed by atoms with Gasteiger partial charge >= 0.3 is 5.97 Å². The number of aromatic nitrogens is 1. The first kappa shape index (κ1) is 14.4. The predicted octanol–water partition coefficient (Wildman–Crippen LogP) is 2.30. The van der Waals surface area contributed by atoms with E-state index in [0.29, 0.717) is 17.8 Å². The maximum atomic E-state index is 11.5. The van der Waals surface area contributed by atoms with E-state index in [9.17, 15) is 4.79 Å². The summed E-state index contributed by atoms with van der Waals surface area (Å²) in [6.07, 6.45) is 2.50. The number of nitrogen functional groups attached to an aromatic ring is 1. The monoisotopic (exact) mass is 269 g/mol. The summed E-state index contributed by atoms with van der Waals surface area (Å²) in [6, 6.07) is 1.67. The number of nitrogens with zero attached hydrogens (tertiary/aromatic N) is 2. The summed E-state index contributed by atoms with van der Waals surface area (Å²) in [5, 5.41) is 0.127. The number of halogens is 1. The third kappa shape index (κ3) is 3.20. The van der Waals surface area contributed by atoms with E-state index in [0.717, 1.165) is 0 Å². The van der Waals surface area contributed by atoms with Crippen molar-refractivity contribution in [3.05, 3.63) is 22.5 Å². The first-order valence-electron chi connectivity index (χ1n) is 5.46. The summed E-state index contributed by atoms with van der Waals surface area (Å²) >= 11 is 5.93. The van der Waals surface area contributed by atoms with Crippen molar-refractivity contribution in [3.8, 4) is 0 Å². The van der Waals surface area contributed by atoms with Gasteiger partial charge < -0.3 is 15.5 Å². The molecule has 0 spiro atoms. The summed E-state index contributed by atoms with van der Waals surface area (Å²) in [7, 11) is 2.98. The maximum Gasteiger partial charge on any atom is 0.358 e. The van der Waals surface area contributed by atoms with Gasteiger partial charge in [0.25, 0.3) is 0 Å². The molecule has 0 radical (unpaired) electrons. The Morgan fingerprint density at radius 3 is 2.94 bits per heavy atom. The lowest BCUT2D eigenvalue weighted by Crippen LogP contribution is -2.10. The second kappa shape index (κ2) is 6.35. The zero-order chi connectivity index (χ0) is 13.7. The number of hydrogen-bond donors (Lipinski definition) is 1. The molecule has 0 fully saturated rings. The number of anilines is 1. The van der Waals surface area contributed by atoms with Gasteiger partial charge in [-0.1, -0.05) is 18.5 Å². The van der Waals surface area contributed by atoms with Crippen LogP contribution in [0.2, 0.25) is 5.02 Å². The number of esters is 1. The lowest BCUT2D eigenvalue weighted by molar-refractivity contribution is 0.0594. The Hall–Kier alpha value is -1.62. The molecule has 0 saturated heterocycles. The number of nitrogens with two attached hydrogens (primary N) is 1. The molecular formula is C12H16ClN3O2. The standard InChI is InChI=1S/C12H16ClN3O2/c1-7(4-5-15-2)9-6-8(14)10(13)11(16-9)12(17)18-3/h5-7H,4H2,1-3H3,(H2,14,16). The van der Waals surface area contributed by atoms with Crippen LogP contribution in [0.5, 0.6) is 0 Å². The Morgan fingerprint density at radius 1 is 1.72 bits per heavy atom. The van der Waals surface area contributed by atoms with E-state index in [1.54, 1.807) is 19.3 Å². The van der Waals surface area contributed by atoms with Crippen molar-refractivity contribution in [2.75, 3.05) is 19.9 Å². The lowest BCUT2D eigenvalue weighted by Gasteiger charge is -2.12. The Morgan fingerprint density at radius 2 is 2.39 bits per heavy atom. The molecule has 0 saturated carbocycles. The van der Waals surface area contributed by atoms with Gasteiger partial charge in [-0.25, -0.2) is 9.78 Å². The fourth-order valence-electron chi connectivity index (χ4n) is 1.44. The zero-order valence-corrected chi connectivity index (χ0v) is 11.4. The van der Waals surface area contributed by atoms with Crippen LogP contribution in [0.15, 0.2) is 11.1 Å². The SMILES string of the molecule is CN=CCC(C)c1cc(N)c(Cl)c(C(=O)OC)n1. The van der Waals surface area contributed by atoms with Gasteiger partial charge in [0.2, 0.25) is 0 Å². The van der Waals surface area contributed by atoms with E-state index >= 15 is 0 Å². The van der Waals surface area contributed by atoms with Gasteiger partial charge in [-0.15, -0.1) is 0 Å². The van der Waals surface area contributed by atoms with Gasteiger partial charge in [0.05, 0.1) is 17.8 Å². The molecule has 1 atom stereocenters. The fourth-order valence-corrected chi connectivity index (χ4v) is 1.61. The molecule has 1 aromatic heterocycles. The first-order valence-corrected chi connectivity index (χ1v) is 5.83. The molecule has 6 heteroatoms. The maximum absolute atomic E-state index is 11.5. The minimum atomic E-state index is -0.593. The van der Waals surface area contributed by atoms with Gasteiger partial charge in [0.1, 0.15) is 0 Å².